The second-order valence-corrected chi connectivity index (χ2v) is 13.8. The molecule has 2 unspecified atom stereocenters. The molecular formula is C34H72N2O2. The van der Waals surface area contributed by atoms with E-state index in [4.69, 9.17) is 0 Å². The molecule has 2 atom stereocenters. The third kappa shape index (κ3) is 24.9. The molecule has 0 aromatic carbocycles. The van der Waals surface area contributed by atoms with Crippen LogP contribution in [0.3, 0.4) is 0 Å². The lowest BCUT2D eigenvalue weighted by Crippen LogP contribution is -2.62. The molecule has 0 N–H and O–H groups in total. The van der Waals surface area contributed by atoms with Crippen molar-refractivity contribution in [2.24, 2.45) is 0 Å². The molecule has 0 aliphatic carbocycles. The predicted octanol–water partition coefficient (Wildman–Crippen LogP) is 7.22. The average molecular weight is 541 g/mol. The van der Waals surface area contributed by atoms with Crippen molar-refractivity contribution >= 4 is 0 Å². The summed E-state index contributed by atoms with van der Waals surface area (Å²) in [5.41, 5.74) is 0. The Morgan fingerprint density at radius 2 is 0.579 bits per heavy atom. The first-order valence-corrected chi connectivity index (χ1v) is 17.1. The Balaban J connectivity index is 3.87. The molecule has 0 heterocycles. The van der Waals surface area contributed by atoms with E-state index in [9.17, 15) is 10.2 Å². The van der Waals surface area contributed by atoms with Gasteiger partial charge in [0.2, 0.25) is 0 Å². The highest BCUT2D eigenvalue weighted by atomic mass is 16.3. The van der Waals surface area contributed by atoms with Crippen LogP contribution in [0.1, 0.15) is 155 Å². The minimum absolute atomic E-state index is 0.463. The smallest absolute Gasteiger partial charge is 0.0782 e. The summed E-state index contributed by atoms with van der Waals surface area (Å²) >= 11 is 0. The van der Waals surface area contributed by atoms with Gasteiger partial charge < -0.3 is 19.2 Å². The van der Waals surface area contributed by atoms with E-state index in [1.54, 1.807) is 0 Å². The number of hydrogen-bond acceptors (Lipinski definition) is 2. The van der Waals surface area contributed by atoms with Crippen LogP contribution < -0.4 is 10.2 Å². The SMILES string of the molecule is CCCCCCCCCCCCC[N+](C)(C)CC([O-])C([O-])C[N+](C)(C)CCCCCCCCCCCCC. The minimum atomic E-state index is -1.01. The van der Waals surface area contributed by atoms with E-state index < -0.39 is 12.2 Å². The highest BCUT2D eigenvalue weighted by molar-refractivity contribution is 4.64. The van der Waals surface area contributed by atoms with Crippen molar-refractivity contribution in [3.63, 3.8) is 0 Å². The van der Waals surface area contributed by atoms with E-state index in [1.165, 1.54) is 141 Å². The van der Waals surface area contributed by atoms with E-state index in [-0.39, 0.29) is 0 Å². The second-order valence-electron chi connectivity index (χ2n) is 13.8. The molecule has 0 aliphatic rings. The quantitative estimate of drug-likeness (QED) is 0.0743. The number of hydrogen-bond donors (Lipinski definition) is 0. The number of likely N-dealkylation sites (N-methyl/N-ethyl adjacent to an activating group) is 2. The van der Waals surface area contributed by atoms with E-state index in [1.807, 2.05) is 0 Å². The summed E-state index contributed by atoms with van der Waals surface area (Å²) in [4.78, 5) is 0. The zero-order valence-corrected chi connectivity index (χ0v) is 27.3. The lowest BCUT2D eigenvalue weighted by Gasteiger charge is -2.46. The Morgan fingerprint density at radius 3 is 0.816 bits per heavy atom. The van der Waals surface area contributed by atoms with E-state index >= 15 is 0 Å². The van der Waals surface area contributed by atoms with Gasteiger partial charge in [0.05, 0.1) is 54.4 Å². The predicted molar refractivity (Wildman–Crippen MR) is 164 cm³/mol. The van der Waals surface area contributed by atoms with E-state index in [0.717, 1.165) is 13.1 Å². The lowest BCUT2D eigenvalue weighted by molar-refractivity contribution is -0.914. The molecule has 4 heteroatoms. The van der Waals surface area contributed by atoms with E-state index in [0.29, 0.717) is 22.1 Å². The molecule has 0 aliphatic heterocycles. The summed E-state index contributed by atoms with van der Waals surface area (Å²) in [6.45, 7) is 7.50. The van der Waals surface area contributed by atoms with Gasteiger partial charge in [0, 0.05) is 0 Å². The summed E-state index contributed by atoms with van der Waals surface area (Å²) in [6.07, 6.45) is 27.5. The molecule has 230 valence electrons. The molecule has 0 amide bonds. The Labute approximate surface area is 240 Å². The first kappa shape index (κ1) is 37.8. The lowest BCUT2D eigenvalue weighted by atomic mass is 10.1. The molecule has 0 aromatic rings. The van der Waals surface area contributed by atoms with Crippen LogP contribution in [0.25, 0.3) is 0 Å². The van der Waals surface area contributed by atoms with Crippen LogP contribution in [0.4, 0.5) is 0 Å². The highest BCUT2D eigenvalue weighted by Crippen LogP contribution is 2.14. The third-order valence-electron chi connectivity index (χ3n) is 8.50. The van der Waals surface area contributed by atoms with Gasteiger partial charge in [-0.05, 0) is 25.7 Å². The standard InChI is InChI=1S/C34H72N2O2/c1-7-9-11-13-15-17-19-21-23-25-27-29-35(3,4)31-33(37)34(38)32-36(5,6)30-28-26-24-22-20-18-16-14-12-10-8-2/h33-34H,7-32H2,1-6H3. The molecule has 38 heavy (non-hydrogen) atoms. The Kier molecular flexibility index (Phi) is 24.5. The van der Waals surface area contributed by atoms with Crippen molar-refractivity contribution in [2.75, 3.05) is 54.4 Å². The van der Waals surface area contributed by atoms with Crippen molar-refractivity contribution in [3.05, 3.63) is 0 Å². The fraction of sp³-hybridized carbons (Fsp3) is 1.00. The Morgan fingerprint density at radius 1 is 0.368 bits per heavy atom. The molecule has 0 saturated heterocycles. The summed E-state index contributed by atoms with van der Waals surface area (Å²) in [5.74, 6) is 0. The van der Waals surface area contributed by atoms with Crippen LogP contribution in [-0.2, 0) is 0 Å². The summed E-state index contributed by atoms with van der Waals surface area (Å²) in [5, 5.41) is 25.7. The molecule has 0 spiro atoms. The Bertz CT molecular complexity index is 451. The molecule has 0 aromatic heterocycles. The van der Waals surface area contributed by atoms with Gasteiger partial charge in [0.1, 0.15) is 0 Å². The van der Waals surface area contributed by atoms with E-state index in [2.05, 4.69) is 42.0 Å². The topological polar surface area (TPSA) is 46.1 Å². The Hall–Kier alpha value is -0.160. The molecule has 0 bridgehead atoms. The molecule has 0 fully saturated rings. The third-order valence-corrected chi connectivity index (χ3v) is 8.50. The van der Waals surface area contributed by atoms with Crippen molar-refractivity contribution < 1.29 is 19.2 Å². The fourth-order valence-corrected chi connectivity index (χ4v) is 5.80. The van der Waals surface area contributed by atoms with Gasteiger partial charge in [-0.15, -0.1) is 0 Å². The normalized spacial score (nSPS) is 14.2. The average Bonchev–Trinajstić information content (AvgIpc) is 2.85. The van der Waals surface area contributed by atoms with Crippen LogP contribution in [-0.4, -0.2) is 75.5 Å². The van der Waals surface area contributed by atoms with Crippen LogP contribution >= 0.6 is 0 Å². The molecule has 4 nitrogen and oxygen atoms in total. The summed E-state index contributed by atoms with van der Waals surface area (Å²) in [6, 6.07) is 0. The summed E-state index contributed by atoms with van der Waals surface area (Å²) in [7, 11) is 8.55. The van der Waals surface area contributed by atoms with Crippen LogP contribution in [0.15, 0.2) is 0 Å². The zero-order chi connectivity index (χ0) is 28.5. The second kappa shape index (κ2) is 24.6. The van der Waals surface area contributed by atoms with Gasteiger partial charge in [-0.2, -0.15) is 0 Å². The van der Waals surface area contributed by atoms with Crippen molar-refractivity contribution in [1.82, 2.24) is 0 Å². The molecule has 0 radical (unpaired) electrons. The fourth-order valence-electron chi connectivity index (χ4n) is 5.80. The van der Waals surface area contributed by atoms with Gasteiger partial charge in [0.15, 0.2) is 0 Å². The number of quaternary nitrogens is 2. The van der Waals surface area contributed by atoms with Gasteiger partial charge in [0.25, 0.3) is 0 Å². The zero-order valence-electron chi connectivity index (χ0n) is 27.3. The maximum atomic E-state index is 12.8. The largest absolute Gasteiger partial charge is 0.849 e. The van der Waals surface area contributed by atoms with Crippen LogP contribution in [0.5, 0.6) is 0 Å². The maximum absolute atomic E-state index is 12.8. The van der Waals surface area contributed by atoms with Crippen LogP contribution in [0.2, 0.25) is 0 Å². The minimum Gasteiger partial charge on any atom is -0.849 e. The van der Waals surface area contributed by atoms with Crippen LogP contribution in [0, 0.1) is 0 Å². The first-order chi connectivity index (χ1) is 18.1. The van der Waals surface area contributed by atoms with Gasteiger partial charge in [-0.3, -0.25) is 0 Å². The number of rotatable bonds is 29. The highest BCUT2D eigenvalue weighted by Gasteiger charge is 2.21. The van der Waals surface area contributed by atoms with Gasteiger partial charge in [-0.25, -0.2) is 0 Å². The molecule has 0 saturated carbocycles. The number of unbranched alkanes of at least 4 members (excludes halogenated alkanes) is 20. The van der Waals surface area contributed by atoms with Gasteiger partial charge >= 0.3 is 0 Å². The van der Waals surface area contributed by atoms with Crippen molar-refractivity contribution in [2.45, 2.75) is 167 Å². The van der Waals surface area contributed by atoms with Crippen molar-refractivity contribution in [1.29, 1.82) is 0 Å². The molecule has 0 rings (SSSR count). The van der Waals surface area contributed by atoms with Crippen molar-refractivity contribution in [3.8, 4) is 0 Å². The molecular weight excluding hydrogens is 468 g/mol. The number of nitrogens with zero attached hydrogens (tertiary/aromatic N) is 2. The summed E-state index contributed by atoms with van der Waals surface area (Å²) < 4.78 is 1.38. The monoisotopic (exact) mass is 541 g/mol. The first-order valence-electron chi connectivity index (χ1n) is 17.1. The maximum Gasteiger partial charge on any atom is 0.0782 e. The van der Waals surface area contributed by atoms with Gasteiger partial charge in [-0.1, -0.05) is 142 Å².